The summed E-state index contributed by atoms with van der Waals surface area (Å²) in [6.45, 7) is 1.88. The van der Waals surface area contributed by atoms with Gasteiger partial charge in [-0.3, -0.25) is 5.43 Å². The van der Waals surface area contributed by atoms with Gasteiger partial charge in [0.05, 0.1) is 10.7 Å². The molecule has 94 valence electrons. The molecule has 5 nitrogen and oxygen atoms in total. The molecular formula is C11H11Cl2N5. The average molecular weight is 284 g/mol. The van der Waals surface area contributed by atoms with Gasteiger partial charge < -0.3 is 5.32 Å². The van der Waals surface area contributed by atoms with Crippen molar-refractivity contribution in [2.45, 2.75) is 6.92 Å². The van der Waals surface area contributed by atoms with Crippen molar-refractivity contribution in [2.24, 2.45) is 5.84 Å². The number of halogens is 2. The lowest BCUT2D eigenvalue weighted by Crippen LogP contribution is -2.11. The van der Waals surface area contributed by atoms with Gasteiger partial charge in [0.15, 0.2) is 0 Å². The summed E-state index contributed by atoms with van der Waals surface area (Å²) in [6.07, 6.45) is 1.66. The van der Waals surface area contributed by atoms with E-state index in [0.717, 1.165) is 5.56 Å². The van der Waals surface area contributed by atoms with Crippen molar-refractivity contribution in [1.82, 2.24) is 9.97 Å². The molecule has 0 unspecified atom stereocenters. The van der Waals surface area contributed by atoms with Gasteiger partial charge in [-0.05, 0) is 25.1 Å². The van der Waals surface area contributed by atoms with E-state index in [2.05, 4.69) is 20.7 Å². The maximum absolute atomic E-state index is 6.07. The fourth-order valence-corrected chi connectivity index (χ4v) is 1.81. The van der Waals surface area contributed by atoms with E-state index in [1.54, 1.807) is 24.4 Å². The van der Waals surface area contributed by atoms with Crippen LogP contribution in [0.2, 0.25) is 10.0 Å². The van der Waals surface area contributed by atoms with Crippen molar-refractivity contribution in [3.63, 3.8) is 0 Å². The molecule has 1 aromatic carbocycles. The van der Waals surface area contributed by atoms with Gasteiger partial charge in [-0.25, -0.2) is 10.8 Å². The highest BCUT2D eigenvalue weighted by Crippen LogP contribution is 2.28. The van der Waals surface area contributed by atoms with Crippen LogP contribution in [0.25, 0.3) is 0 Å². The van der Waals surface area contributed by atoms with Gasteiger partial charge in [-0.2, -0.15) is 4.98 Å². The Morgan fingerprint density at radius 2 is 2.06 bits per heavy atom. The number of hydrogen-bond acceptors (Lipinski definition) is 5. The number of anilines is 3. The summed E-state index contributed by atoms with van der Waals surface area (Å²) in [5.41, 5.74) is 3.98. The molecule has 0 atom stereocenters. The largest absolute Gasteiger partial charge is 0.339 e. The average Bonchev–Trinajstić information content (AvgIpc) is 2.35. The number of hydrazine groups is 1. The molecule has 18 heavy (non-hydrogen) atoms. The Bertz CT molecular complexity index is 573. The quantitative estimate of drug-likeness (QED) is 0.596. The highest BCUT2D eigenvalue weighted by Gasteiger charge is 2.06. The molecule has 7 heteroatoms. The van der Waals surface area contributed by atoms with Crippen molar-refractivity contribution in [3.05, 3.63) is 40.0 Å². The molecule has 0 spiro atoms. The second kappa shape index (κ2) is 5.39. The first-order valence-corrected chi connectivity index (χ1v) is 5.88. The minimum atomic E-state index is 0.327. The molecule has 0 saturated heterocycles. The van der Waals surface area contributed by atoms with Crippen LogP contribution in [0.3, 0.4) is 0 Å². The summed E-state index contributed by atoms with van der Waals surface area (Å²) < 4.78 is 0. The zero-order chi connectivity index (χ0) is 13.1. The molecule has 2 rings (SSSR count). The Hall–Kier alpha value is -1.56. The van der Waals surface area contributed by atoms with Crippen LogP contribution < -0.4 is 16.6 Å². The number of nitrogens with two attached hydrogens (primary N) is 1. The highest BCUT2D eigenvalue weighted by molar-refractivity contribution is 6.36. The van der Waals surface area contributed by atoms with Crippen LogP contribution in [0, 0.1) is 6.92 Å². The smallest absolute Gasteiger partial charge is 0.239 e. The Labute approximate surface area is 114 Å². The minimum Gasteiger partial charge on any atom is -0.339 e. The molecule has 0 radical (unpaired) electrons. The van der Waals surface area contributed by atoms with Crippen LogP contribution in [0.5, 0.6) is 0 Å². The lowest BCUT2D eigenvalue weighted by Gasteiger charge is -2.11. The molecular weight excluding hydrogens is 273 g/mol. The summed E-state index contributed by atoms with van der Waals surface area (Å²) >= 11 is 11.9. The fraction of sp³-hybridized carbons (Fsp3) is 0.0909. The third-order valence-corrected chi connectivity index (χ3v) is 2.83. The van der Waals surface area contributed by atoms with E-state index < -0.39 is 0 Å². The van der Waals surface area contributed by atoms with Crippen LogP contribution in [0.15, 0.2) is 24.4 Å². The van der Waals surface area contributed by atoms with Crippen molar-refractivity contribution < 1.29 is 0 Å². The van der Waals surface area contributed by atoms with E-state index in [9.17, 15) is 0 Å². The minimum absolute atomic E-state index is 0.327. The fourth-order valence-electron chi connectivity index (χ4n) is 1.36. The molecule has 0 aliphatic carbocycles. The summed E-state index contributed by atoms with van der Waals surface area (Å²) in [5.74, 6) is 6.22. The summed E-state index contributed by atoms with van der Waals surface area (Å²) in [6, 6.07) is 5.18. The molecule has 1 heterocycles. The Kier molecular flexibility index (Phi) is 3.86. The van der Waals surface area contributed by atoms with E-state index in [0.29, 0.717) is 27.5 Å². The normalized spacial score (nSPS) is 10.2. The molecule has 0 saturated carbocycles. The number of nitrogens with one attached hydrogen (secondary N) is 2. The first-order chi connectivity index (χ1) is 8.60. The maximum atomic E-state index is 6.07. The number of aromatic nitrogens is 2. The summed E-state index contributed by atoms with van der Waals surface area (Å²) in [5, 5.41) is 4.20. The van der Waals surface area contributed by atoms with Crippen LogP contribution in [0.4, 0.5) is 17.5 Å². The third kappa shape index (κ3) is 2.81. The van der Waals surface area contributed by atoms with Crippen molar-refractivity contribution in [3.8, 4) is 0 Å². The Morgan fingerprint density at radius 1 is 1.28 bits per heavy atom. The number of hydrogen-bond donors (Lipinski definition) is 3. The topological polar surface area (TPSA) is 75.9 Å². The molecule has 0 amide bonds. The summed E-state index contributed by atoms with van der Waals surface area (Å²) in [7, 11) is 0. The van der Waals surface area contributed by atoms with Gasteiger partial charge in [0.1, 0.15) is 5.82 Å². The zero-order valence-electron chi connectivity index (χ0n) is 9.54. The second-order valence-electron chi connectivity index (χ2n) is 3.62. The molecule has 0 aliphatic rings. The molecule has 1 aromatic heterocycles. The van der Waals surface area contributed by atoms with Crippen LogP contribution >= 0.6 is 23.2 Å². The van der Waals surface area contributed by atoms with E-state index in [1.165, 1.54) is 0 Å². The Balaban J connectivity index is 2.33. The molecule has 0 bridgehead atoms. The maximum Gasteiger partial charge on any atom is 0.239 e. The van der Waals surface area contributed by atoms with Gasteiger partial charge in [-0.1, -0.05) is 23.2 Å². The van der Waals surface area contributed by atoms with E-state index in [1.807, 2.05) is 6.92 Å². The number of benzene rings is 1. The predicted octanol–water partition coefficient (Wildman–Crippen LogP) is 3.12. The van der Waals surface area contributed by atoms with Crippen LogP contribution in [-0.4, -0.2) is 9.97 Å². The first kappa shape index (κ1) is 12.9. The van der Waals surface area contributed by atoms with E-state index in [-0.39, 0.29) is 0 Å². The monoisotopic (exact) mass is 283 g/mol. The van der Waals surface area contributed by atoms with E-state index in [4.69, 9.17) is 29.0 Å². The third-order valence-electron chi connectivity index (χ3n) is 2.29. The number of aryl methyl sites for hydroxylation is 1. The van der Waals surface area contributed by atoms with Gasteiger partial charge in [-0.15, -0.1) is 0 Å². The SMILES string of the molecule is Cc1cnc(NN)nc1Nc1ccc(Cl)cc1Cl. The second-order valence-corrected chi connectivity index (χ2v) is 4.46. The number of rotatable bonds is 3. The van der Waals surface area contributed by atoms with Crippen molar-refractivity contribution >= 4 is 40.7 Å². The van der Waals surface area contributed by atoms with Gasteiger partial charge in [0, 0.05) is 16.8 Å². The standard InChI is InChI=1S/C11H11Cl2N5/c1-6-5-15-11(18-14)17-10(6)16-9-3-2-7(12)4-8(9)13/h2-5H,14H2,1H3,(H2,15,16,17,18). The molecule has 4 N–H and O–H groups in total. The Morgan fingerprint density at radius 3 is 2.72 bits per heavy atom. The van der Waals surface area contributed by atoms with Crippen molar-refractivity contribution in [2.75, 3.05) is 10.7 Å². The first-order valence-electron chi connectivity index (χ1n) is 5.12. The van der Waals surface area contributed by atoms with Crippen LogP contribution in [0.1, 0.15) is 5.56 Å². The molecule has 2 aromatic rings. The number of nitrogen functional groups attached to an aromatic ring is 1. The van der Waals surface area contributed by atoms with Crippen LogP contribution in [-0.2, 0) is 0 Å². The zero-order valence-corrected chi connectivity index (χ0v) is 11.0. The van der Waals surface area contributed by atoms with Gasteiger partial charge in [0.2, 0.25) is 5.95 Å². The molecule has 0 aliphatic heterocycles. The highest BCUT2D eigenvalue weighted by atomic mass is 35.5. The predicted molar refractivity (Wildman–Crippen MR) is 74.3 cm³/mol. The molecule has 0 fully saturated rings. The lowest BCUT2D eigenvalue weighted by molar-refractivity contribution is 1.09. The number of nitrogens with zero attached hydrogens (tertiary/aromatic N) is 2. The van der Waals surface area contributed by atoms with E-state index >= 15 is 0 Å². The summed E-state index contributed by atoms with van der Waals surface area (Å²) in [4.78, 5) is 8.19. The lowest BCUT2D eigenvalue weighted by atomic mass is 10.3. The van der Waals surface area contributed by atoms with Gasteiger partial charge in [0.25, 0.3) is 0 Å². The van der Waals surface area contributed by atoms with Gasteiger partial charge >= 0.3 is 0 Å². The van der Waals surface area contributed by atoms with Crippen molar-refractivity contribution in [1.29, 1.82) is 0 Å².